The summed E-state index contributed by atoms with van der Waals surface area (Å²) in [6, 6.07) is 3.50. The Morgan fingerprint density at radius 1 is 1.24 bits per heavy atom. The van der Waals surface area contributed by atoms with Crippen LogP contribution in [0.15, 0.2) is 21.1 Å². The molecule has 1 aromatic rings. The first-order valence-electron chi connectivity index (χ1n) is 4.70. The molecule has 0 saturated carbocycles. The van der Waals surface area contributed by atoms with Crippen LogP contribution in [0.5, 0.6) is 0 Å². The summed E-state index contributed by atoms with van der Waals surface area (Å²) in [5, 5.41) is 8.38. The molecule has 0 unspecified atom stereocenters. The predicted octanol–water partition coefficient (Wildman–Crippen LogP) is 2.80. The van der Waals surface area contributed by atoms with E-state index in [1.807, 2.05) is 13.0 Å². The average molecular weight is 366 g/mol. The second kappa shape index (κ2) is 6.28. The number of carbonyl (C=O) groups excluding carboxylic acids is 1. The molecule has 4 nitrogen and oxygen atoms in total. The van der Waals surface area contributed by atoms with Crippen LogP contribution in [-0.2, 0) is 9.53 Å². The van der Waals surface area contributed by atoms with Crippen molar-refractivity contribution in [3.05, 3.63) is 32.2 Å². The second-order valence-electron chi connectivity index (χ2n) is 3.39. The van der Waals surface area contributed by atoms with Gasteiger partial charge in [-0.05, 0) is 24.6 Å². The van der Waals surface area contributed by atoms with Crippen molar-refractivity contribution in [3.63, 3.8) is 0 Å². The van der Waals surface area contributed by atoms with E-state index in [-0.39, 0.29) is 12.4 Å². The summed E-state index contributed by atoms with van der Waals surface area (Å²) in [4.78, 5) is 22.0. The van der Waals surface area contributed by atoms with Gasteiger partial charge in [-0.15, -0.1) is 0 Å². The van der Waals surface area contributed by atoms with E-state index in [4.69, 9.17) is 9.84 Å². The van der Waals surface area contributed by atoms with E-state index in [9.17, 15) is 9.59 Å². The Balaban J connectivity index is 2.75. The van der Waals surface area contributed by atoms with Gasteiger partial charge in [0.15, 0.2) is 5.78 Å². The van der Waals surface area contributed by atoms with Gasteiger partial charge < -0.3 is 9.84 Å². The molecule has 0 aliphatic heterocycles. The predicted molar refractivity (Wildman–Crippen MR) is 69.4 cm³/mol. The number of Topliss-reactive ketones (excluding diaryl/α,β-unsaturated/α-hetero) is 1. The Hall–Kier alpha value is -0.720. The lowest BCUT2D eigenvalue weighted by Crippen LogP contribution is -2.14. The number of carboxylic acid groups (broad SMARTS) is 1. The molecule has 0 spiro atoms. The molecule has 0 atom stereocenters. The van der Waals surface area contributed by atoms with Gasteiger partial charge in [0.05, 0.1) is 0 Å². The Morgan fingerprint density at radius 3 is 2.47 bits per heavy atom. The van der Waals surface area contributed by atoms with Gasteiger partial charge in [-0.1, -0.05) is 31.9 Å². The average Bonchev–Trinajstić information content (AvgIpc) is 2.22. The molecule has 92 valence electrons. The number of rotatable bonds is 5. The Morgan fingerprint density at radius 2 is 1.88 bits per heavy atom. The highest BCUT2D eigenvalue weighted by Gasteiger charge is 2.13. The summed E-state index contributed by atoms with van der Waals surface area (Å²) in [7, 11) is 0. The fourth-order valence-electron chi connectivity index (χ4n) is 1.17. The highest BCUT2D eigenvalue weighted by Crippen LogP contribution is 2.25. The maximum absolute atomic E-state index is 11.7. The topological polar surface area (TPSA) is 63.6 Å². The highest BCUT2D eigenvalue weighted by atomic mass is 79.9. The van der Waals surface area contributed by atoms with Gasteiger partial charge in [-0.25, -0.2) is 4.79 Å². The number of hydrogen-bond donors (Lipinski definition) is 1. The van der Waals surface area contributed by atoms with Crippen LogP contribution < -0.4 is 0 Å². The summed E-state index contributed by atoms with van der Waals surface area (Å²) in [5.74, 6) is -1.36. The zero-order valence-corrected chi connectivity index (χ0v) is 12.2. The maximum Gasteiger partial charge on any atom is 0.329 e. The minimum Gasteiger partial charge on any atom is -0.480 e. The third-order valence-electron chi connectivity index (χ3n) is 2.01. The number of aryl methyl sites for hydroxylation is 1. The molecule has 17 heavy (non-hydrogen) atoms. The van der Waals surface area contributed by atoms with E-state index in [2.05, 4.69) is 31.9 Å². The quantitative estimate of drug-likeness (QED) is 0.815. The Bertz CT molecular complexity index is 457. The summed E-state index contributed by atoms with van der Waals surface area (Å²) < 4.78 is 6.24. The maximum atomic E-state index is 11.7. The molecule has 0 fully saturated rings. The zero-order valence-electron chi connectivity index (χ0n) is 9.00. The van der Waals surface area contributed by atoms with Crippen molar-refractivity contribution in [1.29, 1.82) is 0 Å². The number of ether oxygens (including phenoxy) is 1. The second-order valence-corrected chi connectivity index (χ2v) is 5.10. The molecule has 0 amide bonds. The monoisotopic (exact) mass is 364 g/mol. The van der Waals surface area contributed by atoms with Gasteiger partial charge in [-0.3, -0.25) is 4.79 Å². The number of carbonyl (C=O) groups is 2. The van der Waals surface area contributed by atoms with E-state index in [0.29, 0.717) is 10.0 Å². The smallest absolute Gasteiger partial charge is 0.329 e. The van der Waals surface area contributed by atoms with Crippen LogP contribution in [0.25, 0.3) is 0 Å². The van der Waals surface area contributed by atoms with Crippen molar-refractivity contribution in [2.75, 3.05) is 13.2 Å². The van der Waals surface area contributed by atoms with Crippen LogP contribution in [0.4, 0.5) is 0 Å². The first-order valence-corrected chi connectivity index (χ1v) is 6.28. The number of halogens is 2. The summed E-state index contributed by atoms with van der Waals surface area (Å²) in [5.41, 5.74) is 1.47. The highest BCUT2D eigenvalue weighted by molar-refractivity contribution is 9.11. The minimum absolute atomic E-state index is 0.250. The molecule has 0 saturated heterocycles. The Labute approximate surface area is 115 Å². The number of hydrogen-bond acceptors (Lipinski definition) is 3. The molecule has 6 heteroatoms. The molecule has 0 heterocycles. The van der Waals surface area contributed by atoms with Crippen LogP contribution >= 0.6 is 31.9 Å². The standard InChI is InChI=1S/C11H10Br2O4/c1-6-2-9(13)7(3-8(6)12)10(14)4-17-5-11(15)16/h2-3H,4-5H2,1H3,(H,15,16). The third-order valence-corrected chi connectivity index (χ3v) is 3.52. The van der Waals surface area contributed by atoms with Gasteiger partial charge in [0, 0.05) is 14.5 Å². The van der Waals surface area contributed by atoms with Gasteiger partial charge in [0.25, 0.3) is 0 Å². The number of carboxylic acids is 1. The fraction of sp³-hybridized carbons (Fsp3) is 0.273. The van der Waals surface area contributed by atoms with E-state index >= 15 is 0 Å². The van der Waals surface area contributed by atoms with Crippen molar-refractivity contribution in [3.8, 4) is 0 Å². The third kappa shape index (κ3) is 4.22. The van der Waals surface area contributed by atoms with Crippen molar-refractivity contribution in [2.24, 2.45) is 0 Å². The van der Waals surface area contributed by atoms with Gasteiger partial charge in [0.1, 0.15) is 13.2 Å². The summed E-state index contributed by atoms with van der Waals surface area (Å²) in [6.07, 6.45) is 0. The van der Waals surface area contributed by atoms with E-state index in [1.165, 1.54) is 0 Å². The van der Waals surface area contributed by atoms with E-state index in [0.717, 1.165) is 10.0 Å². The number of aliphatic carboxylic acids is 1. The molecule has 1 N–H and O–H groups in total. The molecule has 0 bridgehead atoms. The zero-order chi connectivity index (χ0) is 13.0. The van der Waals surface area contributed by atoms with Crippen LogP contribution in [0.1, 0.15) is 15.9 Å². The van der Waals surface area contributed by atoms with Crippen LogP contribution in [0.3, 0.4) is 0 Å². The lowest BCUT2D eigenvalue weighted by Gasteiger charge is -2.07. The minimum atomic E-state index is -1.10. The molecular weight excluding hydrogens is 356 g/mol. The molecule has 0 aromatic heterocycles. The van der Waals surface area contributed by atoms with Gasteiger partial charge in [0.2, 0.25) is 0 Å². The number of benzene rings is 1. The Kier molecular flexibility index (Phi) is 5.30. The van der Waals surface area contributed by atoms with Crippen molar-refractivity contribution in [2.45, 2.75) is 6.92 Å². The largest absolute Gasteiger partial charge is 0.480 e. The molecule has 1 aromatic carbocycles. The lowest BCUT2D eigenvalue weighted by molar-refractivity contribution is -0.141. The van der Waals surface area contributed by atoms with Crippen molar-refractivity contribution in [1.82, 2.24) is 0 Å². The van der Waals surface area contributed by atoms with Crippen LogP contribution in [-0.4, -0.2) is 30.1 Å². The van der Waals surface area contributed by atoms with Crippen molar-refractivity contribution >= 4 is 43.6 Å². The number of ketones is 1. The summed E-state index contributed by atoms with van der Waals surface area (Å²) in [6.45, 7) is 1.18. The first kappa shape index (κ1) is 14.3. The van der Waals surface area contributed by atoms with Gasteiger partial charge in [-0.2, -0.15) is 0 Å². The SMILES string of the molecule is Cc1cc(Br)c(C(=O)COCC(=O)O)cc1Br. The fourth-order valence-corrected chi connectivity index (χ4v) is 2.19. The molecule has 1 rings (SSSR count). The van der Waals surface area contributed by atoms with E-state index in [1.54, 1.807) is 6.07 Å². The normalized spacial score (nSPS) is 10.3. The molecule has 0 aliphatic carbocycles. The van der Waals surface area contributed by atoms with Crippen molar-refractivity contribution < 1.29 is 19.4 Å². The van der Waals surface area contributed by atoms with E-state index < -0.39 is 12.6 Å². The van der Waals surface area contributed by atoms with Crippen LogP contribution in [0, 0.1) is 6.92 Å². The summed E-state index contributed by atoms with van der Waals surface area (Å²) >= 11 is 6.62. The first-order chi connectivity index (χ1) is 7.91. The van der Waals surface area contributed by atoms with Gasteiger partial charge >= 0.3 is 5.97 Å². The molecular formula is C11H10Br2O4. The molecule has 0 aliphatic rings. The van der Waals surface area contributed by atoms with Crippen LogP contribution in [0.2, 0.25) is 0 Å². The molecule has 0 radical (unpaired) electrons. The lowest BCUT2D eigenvalue weighted by atomic mass is 10.1.